The van der Waals surface area contributed by atoms with E-state index >= 15 is 0 Å². The predicted octanol–water partition coefficient (Wildman–Crippen LogP) is 2.41. The van der Waals surface area contributed by atoms with Crippen LogP contribution in [-0.4, -0.2) is 12.8 Å². The lowest BCUT2D eigenvalue weighted by Crippen LogP contribution is -2.22. The maximum Gasteiger partial charge on any atom is 0.141 e. The van der Waals surface area contributed by atoms with Gasteiger partial charge in [0.05, 0.1) is 6.04 Å². The van der Waals surface area contributed by atoms with Gasteiger partial charge in [-0.2, -0.15) is 0 Å². The predicted molar refractivity (Wildman–Crippen MR) is 60.9 cm³/mol. The molecule has 0 aliphatic heterocycles. The Balaban J connectivity index is 0.00000196. The summed E-state index contributed by atoms with van der Waals surface area (Å²) >= 11 is 0. The van der Waals surface area contributed by atoms with E-state index in [2.05, 4.69) is 5.32 Å². The molecule has 0 aliphatic carbocycles. The Bertz CT molecular complexity index is 330. The third-order valence-corrected chi connectivity index (χ3v) is 2.10. The molecule has 0 saturated heterocycles. The lowest BCUT2D eigenvalue weighted by molar-refractivity contribution is -0.109. The number of benzene rings is 1. The highest BCUT2D eigenvalue weighted by Gasteiger charge is 2.09. The first-order valence-corrected chi connectivity index (χ1v) is 4.63. The smallest absolute Gasteiger partial charge is 0.141 e. The summed E-state index contributed by atoms with van der Waals surface area (Å²) in [5.74, 6) is -0.241. The summed E-state index contributed by atoms with van der Waals surface area (Å²) < 4.78 is 12.9. The molecule has 1 unspecified atom stereocenters. The summed E-state index contributed by atoms with van der Waals surface area (Å²) in [6.07, 6.45) is 0.830. The van der Waals surface area contributed by atoms with E-state index in [9.17, 15) is 9.18 Å². The number of aldehydes is 1. The Kier molecular flexibility index (Phi) is 6.13. The van der Waals surface area contributed by atoms with Crippen LogP contribution in [0.15, 0.2) is 18.2 Å². The molecule has 84 valence electrons. The molecule has 0 radical (unpaired) electrons. The number of halogens is 2. The first kappa shape index (κ1) is 14.1. The lowest BCUT2D eigenvalue weighted by atomic mass is 10.1. The fourth-order valence-electron chi connectivity index (χ4n) is 1.33. The number of rotatable bonds is 4. The second kappa shape index (κ2) is 6.53. The van der Waals surface area contributed by atoms with Crippen LogP contribution in [0.4, 0.5) is 4.39 Å². The Morgan fingerprint density at radius 3 is 2.67 bits per heavy atom. The molecule has 1 aromatic rings. The molecule has 0 saturated carbocycles. The van der Waals surface area contributed by atoms with E-state index in [0.717, 1.165) is 11.8 Å². The monoisotopic (exact) mass is 231 g/mol. The van der Waals surface area contributed by atoms with Crippen molar-refractivity contribution in [2.75, 3.05) is 6.54 Å². The van der Waals surface area contributed by atoms with E-state index < -0.39 is 0 Å². The third-order valence-electron chi connectivity index (χ3n) is 2.10. The fraction of sp³-hybridized carbons (Fsp3) is 0.364. The molecule has 1 rings (SSSR count). The Labute approximate surface area is 95.3 Å². The highest BCUT2D eigenvalue weighted by molar-refractivity contribution is 5.85. The number of carbonyl (C=O) groups is 1. The van der Waals surface area contributed by atoms with E-state index in [0.29, 0.717) is 12.1 Å². The summed E-state index contributed by atoms with van der Waals surface area (Å²) in [6.45, 7) is 4.32. The van der Waals surface area contributed by atoms with Gasteiger partial charge in [-0.1, -0.05) is 19.1 Å². The van der Waals surface area contributed by atoms with E-state index in [1.54, 1.807) is 19.1 Å². The molecule has 1 aromatic carbocycles. The van der Waals surface area contributed by atoms with Crippen molar-refractivity contribution in [2.45, 2.75) is 19.9 Å². The molecule has 4 heteroatoms. The van der Waals surface area contributed by atoms with Gasteiger partial charge < -0.3 is 10.1 Å². The van der Waals surface area contributed by atoms with Crippen LogP contribution in [0.1, 0.15) is 24.1 Å². The zero-order valence-electron chi connectivity index (χ0n) is 8.79. The van der Waals surface area contributed by atoms with Crippen LogP contribution in [0.5, 0.6) is 0 Å². The molecule has 0 heterocycles. The first-order valence-electron chi connectivity index (χ1n) is 4.63. The minimum atomic E-state index is -0.334. The molecule has 0 fully saturated rings. The van der Waals surface area contributed by atoms with Crippen LogP contribution >= 0.6 is 12.4 Å². The average molecular weight is 232 g/mol. The standard InChI is InChI=1S/C11H14FNO.ClH/c1-3-13-11(7-14)9-4-5-10(12)8(2)6-9;/h4-7,11,13H,3H2,1-2H3;1H. The van der Waals surface area contributed by atoms with Gasteiger partial charge in [0.1, 0.15) is 12.1 Å². The molecule has 0 aliphatic rings. The summed E-state index contributed by atoms with van der Waals surface area (Å²) in [7, 11) is 0. The molecular formula is C11H15ClFNO. The van der Waals surface area contributed by atoms with Gasteiger partial charge >= 0.3 is 0 Å². The quantitative estimate of drug-likeness (QED) is 0.807. The van der Waals surface area contributed by atoms with E-state index in [1.165, 1.54) is 6.07 Å². The number of carbonyl (C=O) groups excluding carboxylic acids is 1. The highest BCUT2D eigenvalue weighted by atomic mass is 35.5. The van der Waals surface area contributed by atoms with Crippen molar-refractivity contribution in [3.8, 4) is 0 Å². The Morgan fingerprint density at radius 2 is 2.20 bits per heavy atom. The normalized spacial score (nSPS) is 11.7. The second-order valence-electron chi connectivity index (χ2n) is 3.18. The van der Waals surface area contributed by atoms with Gasteiger partial charge in [0, 0.05) is 0 Å². The van der Waals surface area contributed by atoms with E-state index in [1.807, 2.05) is 6.92 Å². The van der Waals surface area contributed by atoms with Gasteiger partial charge in [0.2, 0.25) is 0 Å². The van der Waals surface area contributed by atoms with Crippen molar-refractivity contribution < 1.29 is 9.18 Å². The highest BCUT2D eigenvalue weighted by Crippen LogP contribution is 2.15. The van der Waals surface area contributed by atoms with Crippen LogP contribution in [0.25, 0.3) is 0 Å². The van der Waals surface area contributed by atoms with Crippen molar-refractivity contribution in [1.29, 1.82) is 0 Å². The molecule has 2 nitrogen and oxygen atoms in total. The van der Waals surface area contributed by atoms with E-state index in [4.69, 9.17) is 0 Å². The molecule has 0 spiro atoms. The number of hydrogen-bond donors (Lipinski definition) is 1. The third kappa shape index (κ3) is 3.61. The van der Waals surface area contributed by atoms with Crippen molar-refractivity contribution in [3.63, 3.8) is 0 Å². The second-order valence-corrected chi connectivity index (χ2v) is 3.18. The van der Waals surface area contributed by atoms with Gasteiger partial charge in [0.15, 0.2) is 0 Å². The minimum Gasteiger partial charge on any atom is -0.304 e. The summed E-state index contributed by atoms with van der Waals surface area (Å²) in [6, 6.07) is 4.37. The lowest BCUT2D eigenvalue weighted by Gasteiger charge is -2.11. The van der Waals surface area contributed by atoms with Gasteiger partial charge in [-0.25, -0.2) is 4.39 Å². The maximum absolute atomic E-state index is 12.9. The van der Waals surface area contributed by atoms with Crippen molar-refractivity contribution >= 4 is 18.7 Å². The minimum absolute atomic E-state index is 0. The van der Waals surface area contributed by atoms with Crippen LogP contribution < -0.4 is 5.32 Å². The van der Waals surface area contributed by atoms with Crippen molar-refractivity contribution in [1.82, 2.24) is 5.32 Å². The van der Waals surface area contributed by atoms with Gasteiger partial charge in [0.25, 0.3) is 0 Å². The number of nitrogens with one attached hydrogen (secondary N) is 1. The van der Waals surface area contributed by atoms with Crippen molar-refractivity contribution in [2.24, 2.45) is 0 Å². The number of aryl methyl sites for hydroxylation is 1. The largest absolute Gasteiger partial charge is 0.304 e. The summed E-state index contributed by atoms with van der Waals surface area (Å²) in [4.78, 5) is 10.7. The fourth-order valence-corrected chi connectivity index (χ4v) is 1.33. The summed E-state index contributed by atoms with van der Waals surface area (Å²) in [5, 5.41) is 3.00. The van der Waals surface area contributed by atoms with Crippen molar-refractivity contribution in [3.05, 3.63) is 35.1 Å². The molecule has 0 aromatic heterocycles. The molecule has 15 heavy (non-hydrogen) atoms. The Morgan fingerprint density at radius 1 is 1.53 bits per heavy atom. The number of likely N-dealkylation sites (N-methyl/N-ethyl adjacent to an activating group) is 1. The number of hydrogen-bond acceptors (Lipinski definition) is 2. The zero-order chi connectivity index (χ0) is 10.6. The summed E-state index contributed by atoms with van der Waals surface area (Å²) in [5.41, 5.74) is 1.37. The van der Waals surface area contributed by atoms with Gasteiger partial charge in [-0.05, 0) is 30.7 Å². The van der Waals surface area contributed by atoms with Gasteiger partial charge in [-0.15, -0.1) is 12.4 Å². The van der Waals surface area contributed by atoms with Crippen LogP contribution in [0.3, 0.4) is 0 Å². The van der Waals surface area contributed by atoms with E-state index in [-0.39, 0.29) is 24.3 Å². The molecule has 1 atom stereocenters. The van der Waals surface area contributed by atoms with Gasteiger partial charge in [-0.3, -0.25) is 0 Å². The topological polar surface area (TPSA) is 29.1 Å². The molecular weight excluding hydrogens is 217 g/mol. The maximum atomic E-state index is 12.9. The molecule has 1 N–H and O–H groups in total. The first-order chi connectivity index (χ1) is 6.69. The molecule has 0 amide bonds. The van der Waals surface area contributed by atoms with Crippen LogP contribution in [-0.2, 0) is 4.79 Å². The zero-order valence-corrected chi connectivity index (χ0v) is 9.60. The average Bonchev–Trinajstić information content (AvgIpc) is 2.19. The SMILES string of the molecule is CCNC(C=O)c1ccc(F)c(C)c1.Cl. The van der Waals surface area contributed by atoms with Crippen LogP contribution in [0.2, 0.25) is 0 Å². The molecule has 0 bridgehead atoms. The van der Waals surface area contributed by atoms with Crippen LogP contribution in [0, 0.1) is 12.7 Å². The Hall–Kier alpha value is -0.930.